The third-order valence-electron chi connectivity index (χ3n) is 3.67. The number of carbonyl (C=O) groups is 1. The third kappa shape index (κ3) is 4.52. The van der Waals surface area contributed by atoms with Crippen LogP contribution in [0.5, 0.6) is 0 Å². The number of carbonyl (C=O) groups excluding carboxylic acids is 1. The first kappa shape index (κ1) is 20.3. The molecule has 0 aliphatic rings. The molecule has 3 rings (SSSR count). The van der Waals surface area contributed by atoms with E-state index < -0.39 is 5.91 Å². The number of nitriles is 1. The van der Waals surface area contributed by atoms with Gasteiger partial charge >= 0.3 is 0 Å². The highest BCUT2D eigenvalue weighted by Gasteiger charge is 2.14. The average molecular weight is 452 g/mol. The fourth-order valence-electron chi connectivity index (χ4n) is 2.34. The lowest BCUT2D eigenvalue weighted by Crippen LogP contribution is -2.13. The monoisotopic (exact) mass is 450 g/mol. The molecule has 0 spiro atoms. The lowest BCUT2D eigenvalue weighted by atomic mass is 10.2. The van der Waals surface area contributed by atoms with Gasteiger partial charge in [-0.05, 0) is 42.5 Å². The van der Waals surface area contributed by atoms with Gasteiger partial charge in [0.2, 0.25) is 0 Å². The predicted octanol–water partition coefficient (Wildman–Crippen LogP) is 7.11. The normalized spacial score (nSPS) is 11.2. The summed E-state index contributed by atoms with van der Waals surface area (Å²) >= 11 is 24.1. The molecule has 1 aromatic heterocycles. The van der Waals surface area contributed by atoms with Crippen molar-refractivity contribution in [3.63, 3.8) is 0 Å². The lowest BCUT2D eigenvalue weighted by molar-refractivity contribution is -0.112. The highest BCUT2D eigenvalue weighted by atomic mass is 35.5. The zero-order chi connectivity index (χ0) is 20.3. The van der Waals surface area contributed by atoms with E-state index >= 15 is 0 Å². The van der Waals surface area contributed by atoms with Gasteiger partial charge in [0.15, 0.2) is 0 Å². The van der Waals surface area contributed by atoms with Crippen LogP contribution in [0.4, 0.5) is 5.69 Å². The molecule has 0 saturated carbocycles. The van der Waals surface area contributed by atoms with Crippen molar-refractivity contribution in [3.05, 3.63) is 80.0 Å². The van der Waals surface area contributed by atoms with E-state index in [9.17, 15) is 10.1 Å². The standard InChI is InChI=1S/C20H10Cl4N2O2/c21-12-4-6-17(16(23)9-12)26-20(27)11(10-25)8-13-5-7-18(28-13)14-2-1-3-15(22)19(14)24/h1-9H,(H,26,27)/b11-8+. The van der Waals surface area contributed by atoms with E-state index in [1.807, 2.05) is 6.07 Å². The summed E-state index contributed by atoms with van der Waals surface area (Å²) in [5, 5.41) is 13.3. The van der Waals surface area contributed by atoms with Crippen LogP contribution in [0.3, 0.4) is 0 Å². The van der Waals surface area contributed by atoms with Crippen LogP contribution < -0.4 is 5.32 Å². The quantitative estimate of drug-likeness (QED) is 0.339. The number of hydrogen-bond acceptors (Lipinski definition) is 3. The van der Waals surface area contributed by atoms with E-state index in [0.717, 1.165) is 0 Å². The summed E-state index contributed by atoms with van der Waals surface area (Å²) in [5.41, 5.74) is 0.775. The minimum absolute atomic E-state index is 0.163. The number of nitrogens with one attached hydrogen (secondary N) is 1. The van der Waals surface area contributed by atoms with Crippen LogP contribution in [0, 0.1) is 11.3 Å². The Balaban J connectivity index is 1.85. The minimum Gasteiger partial charge on any atom is -0.457 e. The molecule has 0 atom stereocenters. The van der Waals surface area contributed by atoms with E-state index in [1.165, 1.54) is 12.1 Å². The van der Waals surface area contributed by atoms with Gasteiger partial charge in [0, 0.05) is 16.7 Å². The van der Waals surface area contributed by atoms with E-state index in [0.29, 0.717) is 37.8 Å². The molecule has 3 aromatic rings. The molecule has 140 valence electrons. The molecule has 0 aliphatic heterocycles. The van der Waals surface area contributed by atoms with Gasteiger partial charge in [0.25, 0.3) is 5.91 Å². The second kappa shape index (κ2) is 8.72. The molecule has 1 N–H and O–H groups in total. The van der Waals surface area contributed by atoms with Crippen molar-refractivity contribution >= 4 is 64.1 Å². The maximum absolute atomic E-state index is 12.4. The zero-order valence-electron chi connectivity index (χ0n) is 14.0. The van der Waals surface area contributed by atoms with Crippen LogP contribution in [0.2, 0.25) is 20.1 Å². The predicted molar refractivity (Wildman–Crippen MR) is 113 cm³/mol. The van der Waals surface area contributed by atoms with E-state index in [4.69, 9.17) is 50.8 Å². The molecule has 0 radical (unpaired) electrons. The van der Waals surface area contributed by atoms with Crippen LogP contribution in [0.25, 0.3) is 17.4 Å². The minimum atomic E-state index is -0.634. The van der Waals surface area contributed by atoms with Gasteiger partial charge in [-0.2, -0.15) is 5.26 Å². The first-order chi connectivity index (χ1) is 13.4. The summed E-state index contributed by atoms with van der Waals surface area (Å²) in [6, 6.07) is 14.9. The summed E-state index contributed by atoms with van der Waals surface area (Å²) < 4.78 is 5.68. The Morgan fingerprint density at radius 3 is 2.54 bits per heavy atom. The number of nitrogens with zero attached hydrogens (tertiary/aromatic N) is 1. The maximum Gasteiger partial charge on any atom is 0.266 e. The van der Waals surface area contributed by atoms with Gasteiger partial charge in [0.05, 0.1) is 20.8 Å². The maximum atomic E-state index is 12.4. The number of benzene rings is 2. The van der Waals surface area contributed by atoms with Crippen LogP contribution in [-0.4, -0.2) is 5.91 Å². The van der Waals surface area contributed by atoms with Crippen molar-refractivity contribution in [1.29, 1.82) is 5.26 Å². The molecule has 2 aromatic carbocycles. The number of anilines is 1. The summed E-state index contributed by atoms with van der Waals surface area (Å²) in [4.78, 5) is 12.4. The Hall–Kier alpha value is -2.42. The SMILES string of the molecule is N#C/C(=C\c1ccc(-c2cccc(Cl)c2Cl)o1)C(=O)Nc1ccc(Cl)cc1Cl. The Kier molecular flexibility index (Phi) is 6.33. The van der Waals surface area contributed by atoms with Crippen molar-refractivity contribution in [2.45, 2.75) is 0 Å². The summed E-state index contributed by atoms with van der Waals surface area (Å²) in [7, 11) is 0. The Morgan fingerprint density at radius 2 is 1.82 bits per heavy atom. The highest BCUT2D eigenvalue weighted by molar-refractivity contribution is 6.43. The van der Waals surface area contributed by atoms with Gasteiger partial charge in [0.1, 0.15) is 23.2 Å². The molecule has 4 nitrogen and oxygen atoms in total. The fourth-order valence-corrected chi connectivity index (χ4v) is 3.19. The van der Waals surface area contributed by atoms with Gasteiger partial charge < -0.3 is 9.73 Å². The molecule has 28 heavy (non-hydrogen) atoms. The van der Waals surface area contributed by atoms with E-state index in [1.54, 1.807) is 42.5 Å². The Morgan fingerprint density at radius 1 is 1.04 bits per heavy atom. The highest BCUT2D eigenvalue weighted by Crippen LogP contribution is 2.34. The van der Waals surface area contributed by atoms with Crippen LogP contribution in [0.15, 0.2) is 58.5 Å². The molecular formula is C20H10Cl4N2O2. The number of hydrogen-bond donors (Lipinski definition) is 1. The van der Waals surface area contributed by atoms with Crippen LogP contribution in [0.1, 0.15) is 5.76 Å². The van der Waals surface area contributed by atoms with Crippen molar-refractivity contribution in [2.24, 2.45) is 0 Å². The van der Waals surface area contributed by atoms with Crippen molar-refractivity contribution in [3.8, 4) is 17.4 Å². The Labute approximate surface area is 180 Å². The molecule has 0 bridgehead atoms. The van der Waals surface area contributed by atoms with E-state index in [2.05, 4.69) is 5.32 Å². The molecule has 0 saturated heterocycles. The van der Waals surface area contributed by atoms with Crippen molar-refractivity contribution < 1.29 is 9.21 Å². The second-order valence-electron chi connectivity index (χ2n) is 5.55. The van der Waals surface area contributed by atoms with Crippen LogP contribution >= 0.6 is 46.4 Å². The molecule has 0 unspecified atom stereocenters. The van der Waals surface area contributed by atoms with Crippen molar-refractivity contribution in [2.75, 3.05) is 5.32 Å². The van der Waals surface area contributed by atoms with Gasteiger partial charge in [-0.1, -0.05) is 52.5 Å². The molecular weight excluding hydrogens is 442 g/mol. The van der Waals surface area contributed by atoms with Gasteiger partial charge in [-0.15, -0.1) is 0 Å². The zero-order valence-corrected chi connectivity index (χ0v) is 17.0. The number of amides is 1. The molecule has 1 amide bonds. The number of furan rings is 1. The molecule has 0 aliphatic carbocycles. The summed E-state index contributed by atoms with van der Waals surface area (Å²) in [6.45, 7) is 0. The van der Waals surface area contributed by atoms with Gasteiger partial charge in [-0.3, -0.25) is 4.79 Å². The largest absolute Gasteiger partial charge is 0.457 e. The summed E-state index contributed by atoms with van der Waals surface area (Å²) in [6.07, 6.45) is 1.32. The molecule has 8 heteroatoms. The van der Waals surface area contributed by atoms with E-state index in [-0.39, 0.29) is 10.6 Å². The number of rotatable bonds is 4. The van der Waals surface area contributed by atoms with Crippen molar-refractivity contribution in [1.82, 2.24) is 0 Å². The van der Waals surface area contributed by atoms with Crippen LogP contribution in [-0.2, 0) is 4.79 Å². The van der Waals surface area contributed by atoms with Gasteiger partial charge in [-0.25, -0.2) is 0 Å². The first-order valence-electron chi connectivity index (χ1n) is 7.81. The smallest absolute Gasteiger partial charge is 0.266 e. The molecule has 0 fully saturated rings. The topological polar surface area (TPSA) is 66.0 Å². The summed E-state index contributed by atoms with van der Waals surface area (Å²) in [5.74, 6) is 0.127. The Bertz CT molecular complexity index is 1130. The average Bonchev–Trinajstić information content (AvgIpc) is 3.12. The number of halogens is 4. The fraction of sp³-hybridized carbons (Fsp3) is 0. The molecule has 1 heterocycles. The third-order valence-corrected chi connectivity index (χ3v) is 5.04. The first-order valence-corrected chi connectivity index (χ1v) is 9.32. The second-order valence-corrected chi connectivity index (χ2v) is 7.18. The lowest BCUT2D eigenvalue weighted by Gasteiger charge is -2.06.